The first-order valence-electron chi connectivity index (χ1n) is 6.34. The molecule has 0 unspecified atom stereocenters. The molecule has 1 fully saturated rings. The van der Waals surface area contributed by atoms with Crippen molar-refractivity contribution in [2.45, 2.75) is 31.5 Å². The lowest BCUT2D eigenvalue weighted by Gasteiger charge is -2.29. The number of hydrogen-bond donors (Lipinski definition) is 3. The molecule has 0 spiro atoms. The van der Waals surface area contributed by atoms with Crippen molar-refractivity contribution < 1.29 is 15.0 Å². The van der Waals surface area contributed by atoms with Crippen LogP contribution in [0, 0.1) is 0 Å². The average Bonchev–Trinajstić information content (AvgIpc) is 2.69. The van der Waals surface area contributed by atoms with Gasteiger partial charge in [-0.3, -0.25) is 4.79 Å². The second kappa shape index (κ2) is 4.83. The van der Waals surface area contributed by atoms with Crippen LogP contribution in [0.4, 0.5) is 5.69 Å². The number of anilines is 1. The molecular formula is C14H20N2O3. The molecule has 0 aliphatic carbocycles. The summed E-state index contributed by atoms with van der Waals surface area (Å²) in [5.74, 6) is -0.104. The van der Waals surface area contributed by atoms with Crippen LogP contribution in [0.15, 0.2) is 24.3 Å². The Bertz CT molecular complexity index is 460. The number of hydrogen-bond acceptors (Lipinski definition) is 4. The smallest absolute Gasteiger partial charge is 0.232 e. The zero-order valence-corrected chi connectivity index (χ0v) is 11.2. The molecule has 4 N–H and O–H groups in total. The summed E-state index contributed by atoms with van der Waals surface area (Å²) >= 11 is 0. The van der Waals surface area contributed by atoms with E-state index >= 15 is 0 Å². The number of nitrogens with two attached hydrogens (primary N) is 1. The van der Waals surface area contributed by atoms with Gasteiger partial charge in [-0.15, -0.1) is 0 Å². The van der Waals surface area contributed by atoms with E-state index in [2.05, 4.69) is 0 Å². The number of benzene rings is 1. The molecule has 1 aliphatic rings. The Hall–Kier alpha value is -1.59. The van der Waals surface area contributed by atoms with E-state index in [1.54, 1.807) is 12.1 Å². The summed E-state index contributed by atoms with van der Waals surface area (Å²) in [6.45, 7) is 4.02. The van der Waals surface area contributed by atoms with Gasteiger partial charge in [0, 0.05) is 18.8 Å². The van der Waals surface area contributed by atoms with Gasteiger partial charge in [0.25, 0.3) is 0 Å². The summed E-state index contributed by atoms with van der Waals surface area (Å²) in [5, 5.41) is 19.1. The predicted octanol–water partition coefficient (Wildman–Crippen LogP) is 0.110. The van der Waals surface area contributed by atoms with Gasteiger partial charge in [0.2, 0.25) is 5.91 Å². The Morgan fingerprint density at radius 2 is 1.68 bits per heavy atom. The highest BCUT2D eigenvalue weighted by atomic mass is 16.3. The van der Waals surface area contributed by atoms with Crippen LogP contribution in [0.5, 0.6) is 0 Å². The molecule has 5 heteroatoms. The van der Waals surface area contributed by atoms with Crippen LogP contribution in [0.1, 0.15) is 19.4 Å². The van der Waals surface area contributed by atoms with Crippen LogP contribution in [-0.4, -0.2) is 46.3 Å². The van der Waals surface area contributed by atoms with Crippen molar-refractivity contribution in [1.82, 2.24) is 4.90 Å². The molecule has 104 valence electrons. The molecule has 1 amide bonds. The van der Waals surface area contributed by atoms with E-state index in [0.717, 1.165) is 5.56 Å². The molecule has 1 aromatic carbocycles. The number of carbonyl (C=O) groups excluding carboxylic acids is 1. The third-order valence-corrected chi connectivity index (χ3v) is 3.71. The van der Waals surface area contributed by atoms with Gasteiger partial charge in [-0.2, -0.15) is 0 Å². The van der Waals surface area contributed by atoms with Crippen molar-refractivity contribution in [2.75, 3.05) is 18.8 Å². The van der Waals surface area contributed by atoms with E-state index in [0.29, 0.717) is 5.69 Å². The lowest BCUT2D eigenvalue weighted by molar-refractivity contribution is -0.135. The Labute approximate surface area is 112 Å². The zero-order chi connectivity index (χ0) is 14.2. The quantitative estimate of drug-likeness (QED) is 0.662. The maximum absolute atomic E-state index is 12.5. The minimum absolute atomic E-state index is 0.104. The van der Waals surface area contributed by atoms with Gasteiger partial charge in [-0.25, -0.2) is 0 Å². The van der Waals surface area contributed by atoms with Crippen LogP contribution in [0.3, 0.4) is 0 Å². The molecule has 0 bridgehead atoms. The predicted molar refractivity (Wildman–Crippen MR) is 72.5 cm³/mol. The van der Waals surface area contributed by atoms with E-state index < -0.39 is 17.6 Å². The number of nitrogen functional groups attached to an aromatic ring is 1. The maximum Gasteiger partial charge on any atom is 0.232 e. The monoisotopic (exact) mass is 264 g/mol. The highest BCUT2D eigenvalue weighted by Crippen LogP contribution is 2.28. The molecule has 5 nitrogen and oxygen atoms in total. The number of carbonyl (C=O) groups is 1. The summed E-state index contributed by atoms with van der Waals surface area (Å²) in [7, 11) is 0. The number of likely N-dealkylation sites (tertiary alicyclic amines) is 1. The van der Waals surface area contributed by atoms with Crippen molar-refractivity contribution in [3.63, 3.8) is 0 Å². The molecule has 2 atom stereocenters. The fourth-order valence-electron chi connectivity index (χ4n) is 2.35. The Balaban J connectivity index is 2.20. The van der Waals surface area contributed by atoms with Gasteiger partial charge in [0.1, 0.15) is 0 Å². The Morgan fingerprint density at radius 3 is 2.16 bits per heavy atom. The van der Waals surface area contributed by atoms with E-state index in [1.165, 1.54) is 4.90 Å². The van der Waals surface area contributed by atoms with Crippen LogP contribution >= 0.6 is 0 Å². The van der Waals surface area contributed by atoms with Crippen molar-refractivity contribution in [2.24, 2.45) is 0 Å². The largest absolute Gasteiger partial charge is 0.399 e. The van der Waals surface area contributed by atoms with Gasteiger partial charge in [0.15, 0.2) is 0 Å². The lowest BCUT2D eigenvalue weighted by Crippen LogP contribution is -2.42. The molecule has 1 aliphatic heterocycles. The third-order valence-electron chi connectivity index (χ3n) is 3.71. The van der Waals surface area contributed by atoms with Gasteiger partial charge in [-0.1, -0.05) is 12.1 Å². The summed E-state index contributed by atoms with van der Waals surface area (Å²) < 4.78 is 0. The van der Waals surface area contributed by atoms with Gasteiger partial charge < -0.3 is 20.8 Å². The Kier molecular flexibility index (Phi) is 3.52. The molecule has 2 rings (SSSR count). The van der Waals surface area contributed by atoms with Gasteiger partial charge in [-0.05, 0) is 31.5 Å². The first-order valence-corrected chi connectivity index (χ1v) is 6.34. The van der Waals surface area contributed by atoms with Crippen LogP contribution in [0.25, 0.3) is 0 Å². The van der Waals surface area contributed by atoms with Crippen LogP contribution < -0.4 is 5.73 Å². The fraction of sp³-hybridized carbons (Fsp3) is 0.500. The number of β-amino-alcohol motifs (C(OH)–C–C–N with tert-alkyl or cyclic N) is 2. The number of aliphatic hydroxyl groups is 2. The minimum atomic E-state index is -0.855. The Morgan fingerprint density at radius 1 is 1.21 bits per heavy atom. The molecule has 1 heterocycles. The standard InChI is InChI=1S/C14H20N2O3/c1-14(2,9-3-5-10(15)6-4-9)13(19)16-7-11(17)12(18)8-16/h3-6,11-12,17-18H,7-8,15H2,1-2H3/t11-,12+. The van der Waals surface area contributed by atoms with Crippen molar-refractivity contribution >= 4 is 11.6 Å². The molecular weight excluding hydrogens is 244 g/mol. The molecule has 1 aromatic rings. The second-order valence-electron chi connectivity index (χ2n) is 5.59. The van der Waals surface area contributed by atoms with Crippen molar-refractivity contribution in [1.29, 1.82) is 0 Å². The van der Waals surface area contributed by atoms with Crippen LogP contribution in [0.2, 0.25) is 0 Å². The zero-order valence-electron chi connectivity index (χ0n) is 11.2. The first kappa shape index (κ1) is 13.8. The van der Waals surface area contributed by atoms with Crippen molar-refractivity contribution in [3.8, 4) is 0 Å². The van der Waals surface area contributed by atoms with E-state index in [4.69, 9.17) is 5.73 Å². The molecule has 0 radical (unpaired) electrons. The highest BCUT2D eigenvalue weighted by molar-refractivity contribution is 5.87. The first-order chi connectivity index (χ1) is 8.82. The number of nitrogens with zero attached hydrogens (tertiary/aromatic N) is 1. The highest BCUT2D eigenvalue weighted by Gasteiger charge is 2.39. The van der Waals surface area contributed by atoms with Crippen molar-refractivity contribution in [3.05, 3.63) is 29.8 Å². The topological polar surface area (TPSA) is 86.8 Å². The fourth-order valence-corrected chi connectivity index (χ4v) is 2.35. The SMILES string of the molecule is CC(C)(C(=O)N1C[C@@H](O)[C@@H](O)C1)c1ccc(N)cc1. The summed E-state index contributed by atoms with van der Waals surface area (Å²) in [6, 6.07) is 7.18. The molecule has 19 heavy (non-hydrogen) atoms. The summed E-state index contributed by atoms with van der Waals surface area (Å²) in [4.78, 5) is 14.0. The summed E-state index contributed by atoms with van der Waals surface area (Å²) in [6.07, 6.45) is -1.71. The van der Waals surface area contributed by atoms with E-state index in [9.17, 15) is 15.0 Å². The normalized spacial score (nSPS) is 23.7. The maximum atomic E-state index is 12.5. The molecule has 0 aromatic heterocycles. The lowest BCUT2D eigenvalue weighted by atomic mass is 9.83. The average molecular weight is 264 g/mol. The number of rotatable bonds is 2. The summed E-state index contributed by atoms with van der Waals surface area (Å²) in [5.41, 5.74) is 6.45. The minimum Gasteiger partial charge on any atom is -0.399 e. The van der Waals surface area contributed by atoms with E-state index in [-0.39, 0.29) is 19.0 Å². The number of aliphatic hydroxyl groups excluding tert-OH is 2. The second-order valence-corrected chi connectivity index (χ2v) is 5.59. The van der Waals surface area contributed by atoms with E-state index in [1.807, 2.05) is 26.0 Å². The van der Waals surface area contributed by atoms with Gasteiger partial charge in [0.05, 0.1) is 17.6 Å². The molecule has 0 saturated carbocycles. The third kappa shape index (κ3) is 2.57. The van der Waals surface area contributed by atoms with Gasteiger partial charge >= 0.3 is 0 Å². The molecule has 1 saturated heterocycles. The number of amides is 1. The van der Waals surface area contributed by atoms with Crippen LogP contribution in [-0.2, 0) is 10.2 Å².